The van der Waals surface area contributed by atoms with E-state index in [1.54, 1.807) is 11.9 Å². The van der Waals surface area contributed by atoms with Gasteiger partial charge < -0.3 is 15.5 Å². The van der Waals surface area contributed by atoms with Gasteiger partial charge in [-0.1, -0.05) is 0 Å². The molecule has 0 spiro atoms. The van der Waals surface area contributed by atoms with Crippen LogP contribution in [0.25, 0.3) is 0 Å². The lowest BCUT2D eigenvalue weighted by atomic mass is 9.98. The Kier molecular flexibility index (Phi) is 8.75. The molecule has 1 fully saturated rings. The Bertz CT molecular complexity index is 681. The van der Waals surface area contributed by atoms with Crippen LogP contribution in [0.1, 0.15) is 40.5 Å². The summed E-state index contributed by atoms with van der Waals surface area (Å²) in [6, 6.07) is 0. The molecule has 1 rings (SSSR count). The molecule has 0 atom stereocenters. The molecule has 8 nitrogen and oxygen atoms in total. The maximum Gasteiger partial charge on any atom is 0.511 e. The Morgan fingerprint density at radius 2 is 1.76 bits per heavy atom. The van der Waals surface area contributed by atoms with E-state index < -0.39 is 15.5 Å². The first-order valence-corrected chi connectivity index (χ1v) is 11.0. The molecule has 12 heteroatoms. The molecule has 0 aromatic heterocycles. The third-order valence-corrected chi connectivity index (χ3v) is 5.93. The van der Waals surface area contributed by atoms with Gasteiger partial charge in [-0.3, -0.25) is 9.79 Å². The van der Waals surface area contributed by atoms with Crippen molar-refractivity contribution >= 4 is 21.9 Å². The highest BCUT2D eigenvalue weighted by molar-refractivity contribution is 7.90. The first kappa shape index (κ1) is 25.5. The van der Waals surface area contributed by atoms with Crippen molar-refractivity contribution in [1.29, 1.82) is 0 Å². The average molecular weight is 444 g/mol. The topological polar surface area (TPSA) is 94.1 Å². The highest BCUT2D eigenvalue weighted by Crippen LogP contribution is 2.30. The maximum atomic E-state index is 12.7. The Morgan fingerprint density at radius 3 is 2.21 bits per heavy atom. The van der Waals surface area contributed by atoms with E-state index in [1.165, 1.54) is 0 Å². The Labute approximate surface area is 171 Å². The van der Waals surface area contributed by atoms with Gasteiger partial charge in [0.05, 0.1) is 6.54 Å². The van der Waals surface area contributed by atoms with E-state index in [9.17, 15) is 26.4 Å². The number of aliphatic imine (C=N–C) groups is 1. The number of likely N-dealkylation sites (N-methyl/N-ethyl adjacent to an activating group) is 1. The zero-order chi connectivity index (χ0) is 22.5. The van der Waals surface area contributed by atoms with E-state index in [0.29, 0.717) is 36.2 Å². The largest absolute Gasteiger partial charge is 0.511 e. The van der Waals surface area contributed by atoms with E-state index in [1.807, 2.05) is 27.7 Å². The molecular weight excluding hydrogens is 411 g/mol. The van der Waals surface area contributed by atoms with Gasteiger partial charge in [-0.25, -0.2) is 8.42 Å². The number of carbonyl (C=O) groups excluding carboxylic acids is 1. The van der Waals surface area contributed by atoms with Crippen molar-refractivity contribution in [2.24, 2.45) is 10.9 Å². The molecule has 29 heavy (non-hydrogen) atoms. The average Bonchev–Trinajstić information content (AvgIpc) is 2.56. The second-order valence-electron chi connectivity index (χ2n) is 8.14. The lowest BCUT2D eigenvalue weighted by Gasteiger charge is -2.31. The first-order valence-electron chi connectivity index (χ1n) is 9.54. The first-order chi connectivity index (χ1) is 13.2. The van der Waals surface area contributed by atoms with E-state index in [2.05, 4.69) is 15.6 Å². The Hall–Kier alpha value is -1.56. The summed E-state index contributed by atoms with van der Waals surface area (Å²) >= 11 is 0. The van der Waals surface area contributed by atoms with Crippen LogP contribution in [0.2, 0.25) is 0 Å². The number of halogens is 3. The van der Waals surface area contributed by atoms with Crippen LogP contribution >= 0.6 is 0 Å². The number of rotatable bonds is 6. The zero-order valence-corrected chi connectivity index (χ0v) is 18.5. The van der Waals surface area contributed by atoms with Gasteiger partial charge in [0, 0.05) is 38.8 Å². The van der Waals surface area contributed by atoms with Crippen LogP contribution < -0.4 is 10.6 Å². The number of sulfonamides is 1. The molecule has 1 saturated heterocycles. The number of nitrogens with zero attached hydrogens (tertiary/aromatic N) is 3. The molecule has 1 aliphatic rings. The summed E-state index contributed by atoms with van der Waals surface area (Å²) in [5, 5.41) is 5.95. The van der Waals surface area contributed by atoms with Crippen LogP contribution in [0.15, 0.2) is 4.99 Å². The molecular formula is C17H32F3N5O3S. The smallest absolute Gasteiger partial charge is 0.357 e. The summed E-state index contributed by atoms with van der Waals surface area (Å²) in [5.41, 5.74) is -5.62. The summed E-state index contributed by atoms with van der Waals surface area (Å²) < 4.78 is 61.4. The minimum absolute atomic E-state index is 0.0276. The van der Waals surface area contributed by atoms with Crippen molar-refractivity contribution in [1.82, 2.24) is 19.8 Å². The number of nitrogens with one attached hydrogen (secondary N) is 2. The van der Waals surface area contributed by atoms with Crippen LogP contribution in [0.5, 0.6) is 0 Å². The number of piperidine rings is 1. The molecule has 0 aromatic rings. The third-order valence-electron chi connectivity index (χ3n) is 4.30. The monoisotopic (exact) mass is 443 g/mol. The predicted molar refractivity (Wildman–Crippen MR) is 106 cm³/mol. The summed E-state index contributed by atoms with van der Waals surface area (Å²) in [5.74, 6) is 0.332. The predicted octanol–water partition coefficient (Wildman–Crippen LogP) is 1.36. The number of alkyl halides is 3. The molecule has 1 amide bonds. The quantitative estimate of drug-likeness (QED) is 0.478. The van der Waals surface area contributed by atoms with Crippen LogP contribution in [0.3, 0.4) is 0 Å². The molecule has 0 aliphatic carbocycles. The molecule has 1 heterocycles. The molecule has 0 saturated carbocycles. The van der Waals surface area contributed by atoms with Crippen molar-refractivity contribution in [2.45, 2.75) is 51.6 Å². The highest BCUT2D eigenvalue weighted by atomic mass is 32.2. The molecule has 0 radical (unpaired) electrons. The van der Waals surface area contributed by atoms with Gasteiger partial charge >= 0.3 is 15.5 Å². The van der Waals surface area contributed by atoms with Crippen molar-refractivity contribution in [3.05, 3.63) is 0 Å². The number of carbonyl (C=O) groups is 1. The summed E-state index contributed by atoms with van der Waals surface area (Å²) in [6.45, 7) is 8.22. The van der Waals surface area contributed by atoms with E-state index in [-0.39, 0.29) is 37.0 Å². The third kappa shape index (κ3) is 8.00. The van der Waals surface area contributed by atoms with E-state index in [0.717, 1.165) is 0 Å². The molecule has 0 aromatic carbocycles. The van der Waals surface area contributed by atoms with Crippen LogP contribution in [0.4, 0.5) is 13.2 Å². The molecule has 0 bridgehead atoms. The molecule has 1 aliphatic heterocycles. The van der Waals surface area contributed by atoms with Gasteiger partial charge in [0.25, 0.3) is 0 Å². The summed E-state index contributed by atoms with van der Waals surface area (Å²) in [4.78, 5) is 18.3. The van der Waals surface area contributed by atoms with Gasteiger partial charge in [0.1, 0.15) is 0 Å². The van der Waals surface area contributed by atoms with Gasteiger partial charge in [-0.2, -0.15) is 17.5 Å². The van der Waals surface area contributed by atoms with Crippen molar-refractivity contribution in [3.8, 4) is 0 Å². The van der Waals surface area contributed by atoms with Crippen molar-refractivity contribution in [2.75, 3.05) is 39.8 Å². The maximum absolute atomic E-state index is 12.7. The zero-order valence-electron chi connectivity index (χ0n) is 17.6. The van der Waals surface area contributed by atoms with Crippen molar-refractivity contribution < 1.29 is 26.4 Å². The number of guanidine groups is 1. The second kappa shape index (κ2) is 9.96. The van der Waals surface area contributed by atoms with Gasteiger partial charge in [0.2, 0.25) is 5.91 Å². The van der Waals surface area contributed by atoms with E-state index in [4.69, 9.17) is 0 Å². The van der Waals surface area contributed by atoms with Gasteiger partial charge in [-0.05, 0) is 46.5 Å². The Balaban J connectivity index is 2.66. The van der Waals surface area contributed by atoms with Crippen molar-refractivity contribution in [3.63, 3.8) is 0 Å². The lowest BCUT2D eigenvalue weighted by Crippen LogP contribution is -2.49. The fourth-order valence-corrected chi connectivity index (χ4v) is 3.90. The Morgan fingerprint density at radius 1 is 1.21 bits per heavy atom. The molecule has 0 unspecified atom stereocenters. The van der Waals surface area contributed by atoms with E-state index >= 15 is 0 Å². The minimum atomic E-state index is -5.27. The van der Waals surface area contributed by atoms with Gasteiger partial charge in [-0.15, -0.1) is 0 Å². The number of hydrogen-bond donors (Lipinski definition) is 2. The second-order valence-corrected chi connectivity index (χ2v) is 10.1. The normalized spacial score (nSPS) is 17.9. The fraction of sp³-hybridized carbons (Fsp3) is 0.882. The fourth-order valence-electron chi connectivity index (χ4n) is 2.91. The van der Waals surface area contributed by atoms with Gasteiger partial charge in [0.15, 0.2) is 5.96 Å². The van der Waals surface area contributed by atoms with Crippen LogP contribution in [-0.2, 0) is 14.8 Å². The minimum Gasteiger partial charge on any atom is -0.357 e. The highest BCUT2D eigenvalue weighted by Gasteiger charge is 2.50. The molecule has 170 valence electrons. The molecule has 2 N–H and O–H groups in total. The number of hydrogen-bond acceptors (Lipinski definition) is 4. The standard InChI is InChI=1S/C17H32F3N5O3S/c1-6-21-15(24(5)12-14(26)23-16(2,3)4)22-11-13-7-9-25(10-8-13)29(27,28)17(18,19)20/h13H,6-12H2,1-5H3,(H,21,22)(H,23,26). The van der Waals surface area contributed by atoms with Crippen LogP contribution in [-0.4, -0.2) is 80.3 Å². The van der Waals surface area contributed by atoms with Crippen LogP contribution in [0, 0.1) is 5.92 Å². The summed E-state index contributed by atoms with van der Waals surface area (Å²) in [6.07, 6.45) is 0.596. The summed E-state index contributed by atoms with van der Waals surface area (Å²) in [7, 11) is -3.55. The number of amides is 1. The SMILES string of the molecule is CCNC(=NCC1CCN(S(=O)(=O)C(F)(F)F)CC1)N(C)CC(=O)NC(C)(C)C. The lowest BCUT2D eigenvalue weighted by molar-refractivity contribution is -0.122.